The highest BCUT2D eigenvalue weighted by molar-refractivity contribution is 5.95. The van der Waals surface area contributed by atoms with Gasteiger partial charge in [-0.05, 0) is 43.2 Å². The SMILES string of the molecule is C[C@H](Oc1ccccc1F)C(=O)NNC(=O)Cc1ccc(N2CCCC2=O)cc1. The summed E-state index contributed by atoms with van der Waals surface area (Å²) >= 11 is 0. The van der Waals surface area contributed by atoms with Crippen molar-refractivity contribution in [3.05, 3.63) is 59.9 Å². The molecule has 0 saturated carbocycles. The fourth-order valence-electron chi connectivity index (χ4n) is 2.96. The molecule has 1 atom stereocenters. The summed E-state index contributed by atoms with van der Waals surface area (Å²) in [6.07, 6.45) is 0.464. The van der Waals surface area contributed by atoms with E-state index in [0.717, 1.165) is 17.7 Å². The van der Waals surface area contributed by atoms with Gasteiger partial charge in [-0.15, -0.1) is 0 Å². The quantitative estimate of drug-likeness (QED) is 0.729. The summed E-state index contributed by atoms with van der Waals surface area (Å²) in [6, 6.07) is 12.9. The maximum Gasteiger partial charge on any atom is 0.279 e. The molecule has 0 spiro atoms. The van der Waals surface area contributed by atoms with E-state index < -0.39 is 23.7 Å². The van der Waals surface area contributed by atoms with Crippen LogP contribution in [0.5, 0.6) is 5.75 Å². The minimum Gasteiger partial charge on any atom is -0.478 e. The molecule has 2 aromatic carbocycles. The van der Waals surface area contributed by atoms with Crippen LogP contribution in [0, 0.1) is 5.82 Å². The summed E-state index contributed by atoms with van der Waals surface area (Å²) in [6.45, 7) is 2.16. The van der Waals surface area contributed by atoms with Gasteiger partial charge in [0.2, 0.25) is 11.8 Å². The Morgan fingerprint density at radius 1 is 1.14 bits per heavy atom. The molecule has 29 heavy (non-hydrogen) atoms. The van der Waals surface area contributed by atoms with E-state index in [2.05, 4.69) is 10.9 Å². The average molecular weight is 399 g/mol. The molecule has 1 fully saturated rings. The van der Waals surface area contributed by atoms with Gasteiger partial charge in [-0.3, -0.25) is 25.2 Å². The number of halogens is 1. The van der Waals surface area contributed by atoms with Crippen molar-refractivity contribution < 1.29 is 23.5 Å². The van der Waals surface area contributed by atoms with Crippen molar-refractivity contribution in [3.63, 3.8) is 0 Å². The Balaban J connectivity index is 1.46. The topological polar surface area (TPSA) is 87.7 Å². The van der Waals surface area contributed by atoms with Crippen LogP contribution >= 0.6 is 0 Å². The Labute approximate surface area is 167 Å². The average Bonchev–Trinajstić information content (AvgIpc) is 3.14. The Hall–Kier alpha value is -3.42. The summed E-state index contributed by atoms with van der Waals surface area (Å²) in [4.78, 5) is 37.6. The molecule has 152 valence electrons. The number of carbonyl (C=O) groups excluding carboxylic acids is 3. The lowest BCUT2D eigenvalue weighted by atomic mass is 10.1. The van der Waals surface area contributed by atoms with E-state index in [1.165, 1.54) is 25.1 Å². The van der Waals surface area contributed by atoms with Crippen molar-refractivity contribution in [3.8, 4) is 5.75 Å². The van der Waals surface area contributed by atoms with E-state index in [4.69, 9.17) is 4.74 Å². The van der Waals surface area contributed by atoms with E-state index in [9.17, 15) is 18.8 Å². The van der Waals surface area contributed by atoms with Gasteiger partial charge in [0.15, 0.2) is 17.7 Å². The van der Waals surface area contributed by atoms with Crippen LogP contribution < -0.4 is 20.5 Å². The second-order valence-electron chi connectivity index (χ2n) is 6.72. The molecule has 3 rings (SSSR count). The van der Waals surface area contributed by atoms with Gasteiger partial charge < -0.3 is 9.64 Å². The minimum atomic E-state index is -0.996. The third-order valence-electron chi connectivity index (χ3n) is 4.52. The van der Waals surface area contributed by atoms with Crippen LogP contribution in [0.2, 0.25) is 0 Å². The molecule has 0 aliphatic carbocycles. The third kappa shape index (κ3) is 5.31. The fraction of sp³-hybridized carbons (Fsp3) is 0.286. The highest BCUT2D eigenvalue weighted by Gasteiger charge is 2.21. The van der Waals surface area contributed by atoms with Crippen molar-refractivity contribution in [1.82, 2.24) is 10.9 Å². The first kappa shape index (κ1) is 20.3. The number of rotatable bonds is 6. The molecule has 0 aromatic heterocycles. The molecular weight excluding hydrogens is 377 g/mol. The molecule has 1 aliphatic rings. The second-order valence-corrected chi connectivity index (χ2v) is 6.72. The number of nitrogens with zero attached hydrogens (tertiary/aromatic N) is 1. The molecule has 8 heteroatoms. The Morgan fingerprint density at radius 3 is 2.52 bits per heavy atom. The van der Waals surface area contributed by atoms with Crippen molar-refractivity contribution in [2.24, 2.45) is 0 Å². The predicted molar refractivity (Wildman–Crippen MR) is 105 cm³/mol. The van der Waals surface area contributed by atoms with Gasteiger partial charge in [0.05, 0.1) is 6.42 Å². The first-order valence-corrected chi connectivity index (χ1v) is 9.33. The fourth-order valence-corrected chi connectivity index (χ4v) is 2.96. The third-order valence-corrected chi connectivity index (χ3v) is 4.52. The van der Waals surface area contributed by atoms with E-state index in [-0.39, 0.29) is 18.1 Å². The first-order valence-electron chi connectivity index (χ1n) is 9.33. The van der Waals surface area contributed by atoms with Crippen molar-refractivity contribution in [2.45, 2.75) is 32.3 Å². The number of hydrogen-bond donors (Lipinski definition) is 2. The zero-order valence-electron chi connectivity index (χ0n) is 16.0. The molecule has 1 saturated heterocycles. The van der Waals surface area contributed by atoms with Gasteiger partial charge in [0.25, 0.3) is 5.91 Å². The maximum absolute atomic E-state index is 13.6. The normalized spacial score (nSPS) is 14.4. The lowest BCUT2D eigenvalue weighted by Crippen LogP contribution is -2.47. The summed E-state index contributed by atoms with van der Waals surface area (Å²) in [7, 11) is 0. The lowest BCUT2D eigenvalue weighted by molar-refractivity contribution is -0.132. The van der Waals surface area contributed by atoms with E-state index in [0.29, 0.717) is 13.0 Å². The summed E-state index contributed by atoms with van der Waals surface area (Å²) < 4.78 is 18.8. The van der Waals surface area contributed by atoms with Crippen LogP contribution in [-0.2, 0) is 20.8 Å². The standard InChI is InChI=1S/C21H22FN3O4/c1-14(29-18-6-3-2-5-17(18)22)21(28)24-23-19(26)13-15-8-10-16(11-9-15)25-12-4-7-20(25)27/h2-3,5-6,8-11,14H,4,7,12-13H2,1H3,(H,23,26)(H,24,28)/t14-/m0/s1. The van der Waals surface area contributed by atoms with Gasteiger partial charge in [-0.2, -0.15) is 0 Å². The molecule has 7 nitrogen and oxygen atoms in total. The van der Waals surface area contributed by atoms with Crippen LogP contribution in [-0.4, -0.2) is 30.4 Å². The van der Waals surface area contributed by atoms with Gasteiger partial charge in [0.1, 0.15) is 0 Å². The molecule has 0 radical (unpaired) electrons. The van der Waals surface area contributed by atoms with Crippen LogP contribution in [0.4, 0.5) is 10.1 Å². The highest BCUT2D eigenvalue weighted by Crippen LogP contribution is 2.21. The molecule has 1 heterocycles. The van der Waals surface area contributed by atoms with Crippen LogP contribution in [0.1, 0.15) is 25.3 Å². The van der Waals surface area contributed by atoms with Crippen LogP contribution in [0.3, 0.4) is 0 Å². The lowest BCUT2D eigenvalue weighted by Gasteiger charge is -2.16. The number of para-hydroxylation sites is 1. The predicted octanol–water partition coefficient (Wildman–Crippen LogP) is 2.11. The zero-order valence-corrected chi connectivity index (χ0v) is 16.0. The summed E-state index contributed by atoms with van der Waals surface area (Å²) in [5.74, 6) is -1.54. The Kier molecular flexibility index (Phi) is 6.43. The summed E-state index contributed by atoms with van der Waals surface area (Å²) in [5.41, 5.74) is 6.13. The van der Waals surface area contributed by atoms with Crippen LogP contribution in [0.25, 0.3) is 0 Å². The van der Waals surface area contributed by atoms with E-state index in [1.807, 2.05) is 0 Å². The van der Waals surface area contributed by atoms with Gasteiger partial charge in [0, 0.05) is 18.7 Å². The highest BCUT2D eigenvalue weighted by atomic mass is 19.1. The molecule has 1 aliphatic heterocycles. The first-order chi connectivity index (χ1) is 13.9. The molecular formula is C21H22FN3O4. The Bertz CT molecular complexity index is 901. The number of amides is 3. The minimum absolute atomic E-state index is 0.0435. The largest absolute Gasteiger partial charge is 0.478 e. The number of carbonyl (C=O) groups is 3. The smallest absolute Gasteiger partial charge is 0.279 e. The Morgan fingerprint density at radius 2 is 1.86 bits per heavy atom. The second kappa shape index (κ2) is 9.18. The number of nitrogens with one attached hydrogen (secondary N) is 2. The van der Waals surface area contributed by atoms with Gasteiger partial charge >= 0.3 is 0 Å². The molecule has 3 amide bonds. The van der Waals surface area contributed by atoms with Crippen LogP contribution in [0.15, 0.2) is 48.5 Å². The number of hydrazine groups is 1. The molecule has 0 bridgehead atoms. The number of ether oxygens (including phenoxy) is 1. The number of benzene rings is 2. The number of hydrogen-bond acceptors (Lipinski definition) is 4. The number of anilines is 1. The van der Waals surface area contributed by atoms with Gasteiger partial charge in [-0.1, -0.05) is 24.3 Å². The summed E-state index contributed by atoms with van der Waals surface area (Å²) in [5, 5.41) is 0. The van der Waals surface area contributed by atoms with Crippen molar-refractivity contribution >= 4 is 23.4 Å². The van der Waals surface area contributed by atoms with Gasteiger partial charge in [-0.25, -0.2) is 4.39 Å². The van der Waals surface area contributed by atoms with Crippen molar-refractivity contribution in [2.75, 3.05) is 11.4 Å². The maximum atomic E-state index is 13.6. The molecule has 2 aromatic rings. The van der Waals surface area contributed by atoms with E-state index >= 15 is 0 Å². The molecule has 0 unspecified atom stereocenters. The monoisotopic (exact) mass is 399 g/mol. The van der Waals surface area contributed by atoms with Crippen molar-refractivity contribution in [1.29, 1.82) is 0 Å². The molecule has 2 N–H and O–H groups in total. The van der Waals surface area contributed by atoms with E-state index in [1.54, 1.807) is 35.2 Å². The zero-order chi connectivity index (χ0) is 20.8.